The Bertz CT molecular complexity index is 486. The van der Waals surface area contributed by atoms with Gasteiger partial charge in [-0.25, -0.2) is 0 Å². The van der Waals surface area contributed by atoms with Crippen molar-refractivity contribution >= 4 is 5.97 Å². The Balaban J connectivity index is 3.88. The van der Waals surface area contributed by atoms with Gasteiger partial charge < -0.3 is 4.74 Å². The van der Waals surface area contributed by atoms with Crippen molar-refractivity contribution in [2.45, 2.75) is 233 Å². The van der Waals surface area contributed by atoms with Crippen LogP contribution in [0.15, 0.2) is 0 Å². The monoisotopic (exact) mass is 565 g/mol. The number of carbonyl (C=O) groups is 1. The van der Waals surface area contributed by atoms with Crippen molar-refractivity contribution in [3.8, 4) is 0 Å². The van der Waals surface area contributed by atoms with Crippen LogP contribution in [-0.2, 0) is 9.53 Å². The lowest BCUT2D eigenvalue weighted by Gasteiger charge is -2.18. The maximum Gasteiger partial charge on any atom is 0.306 e. The Hall–Kier alpha value is -0.530. The molecule has 0 saturated carbocycles. The Morgan fingerprint density at radius 1 is 0.425 bits per heavy atom. The molecule has 0 amide bonds. The first-order valence-electron chi connectivity index (χ1n) is 18.8. The van der Waals surface area contributed by atoms with E-state index < -0.39 is 0 Å². The molecule has 0 rings (SSSR count). The SMILES string of the molecule is CCCCCCCCCCC(CCCCCCCCC)OC(=O)CCCCCCCCCCCCCCC(C)C. The second-order valence-corrected chi connectivity index (χ2v) is 13.5. The molecule has 0 aliphatic rings. The smallest absolute Gasteiger partial charge is 0.306 e. The number of hydrogen-bond acceptors (Lipinski definition) is 2. The topological polar surface area (TPSA) is 26.3 Å². The van der Waals surface area contributed by atoms with E-state index in [-0.39, 0.29) is 12.1 Å². The molecule has 2 nitrogen and oxygen atoms in total. The summed E-state index contributed by atoms with van der Waals surface area (Å²) in [6.07, 6.45) is 40.5. The average Bonchev–Trinajstić information content (AvgIpc) is 2.93. The Kier molecular flexibility index (Phi) is 32.5. The molecule has 0 aromatic carbocycles. The summed E-state index contributed by atoms with van der Waals surface area (Å²) in [4.78, 5) is 12.6. The first-order valence-corrected chi connectivity index (χ1v) is 18.8. The predicted octanol–water partition coefficient (Wildman–Crippen LogP) is 13.7. The lowest BCUT2D eigenvalue weighted by atomic mass is 10.0. The molecule has 0 saturated heterocycles. The molecule has 1 unspecified atom stereocenters. The van der Waals surface area contributed by atoms with Crippen molar-refractivity contribution in [1.82, 2.24) is 0 Å². The Morgan fingerprint density at radius 2 is 0.725 bits per heavy atom. The molecule has 0 heterocycles. The van der Waals surface area contributed by atoms with E-state index in [9.17, 15) is 4.79 Å². The standard InChI is InChI=1S/C38H76O2/c1-5-7-9-11-13-22-26-30-34-37(33-29-25-20-12-10-8-6-2)40-38(39)35-31-27-23-19-17-15-14-16-18-21-24-28-32-36(3)4/h36-37H,5-35H2,1-4H3. The zero-order chi connectivity index (χ0) is 29.4. The highest BCUT2D eigenvalue weighted by Gasteiger charge is 2.14. The van der Waals surface area contributed by atoms with Crippen molar-refractivity contribution in [2.24, 2.45) is 5.92 Å². The van der Waals surface area contributed by atoms with E-state index in [1.54, 1.807) is 0 Å². The third-order valence-corrected chi connectivity index (χ3v) is 8.72. The maximum atomic E-state index is 12.6. The lowest BCUT2D eigenvalue weighted by molar-refractivity contribution is -0.150. The van der Waals surface area contributed by atoms with Gasteiger partial charge >= 0.3 is 5.97 Å². The van der Waals surface area contributed by atoms with Crippen LogP contribution in [0.1, 0.15) is 227 Å². The third kappa shape index (κ3) is 32.0. The number of hydrogen-bond donors (Lipinski definition) is 0. The second kappa shape index (κ2) is 33.0. The van der Waals surface area contributed by atoms with Crippen LogP contribution in [-0.4, -0.2) is 12.1 Å². The molecule has 0 N–H and O–H groups in total. The number of carbonyl (C=O) groups excluding carboxylic acids is 1. The van der Waals surface area contributed by atoms with Crippen LogP contribution >= 0.6 is 0 Å². The fraction of sp³-hybridized carbons (Fsp3) is 0.974. The van der Waals surface area contributed by atoms with E-state index >= 15 is 0 Å². The summed E-state index contributed by atoms with van der Waals surface area (Å²) in [5, 5.41) is 0. The molecule has 0 aromatic heterocycles. The van der Waals surface area contributed by atoms with Crippen LogP contribution in [0.2, 0.25) is 0 Å². The normalized spacial score (nSPS) is 12.3. The van der Waals surface area contributed by atoms with E-state index in [2.05, 4.69) is 27.7 Å². The molecule has 0 spiro atoms. The minimum atomic E-state index is 0.0703. The molecule has 0 aromatic rings. The molecule has 240 valence electrons. The first kappa shape index (κ1) is 39.5. The largest absolute Gasteiger partial charge is 0.462 e. The summed E-state index contributed by atoms with van der Waals surface area (Å²) < 4.78 is 6.03. The molecule has 1 atom stereocenters. The number of ether oxygens (including phenoxy) is 1. The van der Waals surface area contributed by atoms with Crippen molar-refractivity contribution in [1.29, 1.82) is 0 Å². The van der Waals surface area contributed by atoms with Gasteiger partial charge in [0.2, 0.25) is 0 Å². The number of esters is 1. The zero-order valence-electron chi connectivity index (χ0n) is 28.4. The Morgan fingerprint density at radius 3 is 1.07 bits per heavy atom. The zero-order valence-corrected chi connectivity index (χ0v) is 28.4. The Labute approximate surface area is 254 Å². The van der Waals surface area contributed by atoms with E-state index in [1.165, 1.54) is 173 Å². The van der Waals surface area contributed by atoms with Crippen molar-refractivity contribution in [3.05, 3.63) is 0 Å². The van der Waals surface area contributed by atoms with Crippen LogP contribution in [0.3, 0.4) is 0 Å². The molecule has 0 aliphatic heterocycles. The molecule has 0 aliphatic carbocycles. The van der Waals surface area contributed by atoms with Gasteiger partial charge in [-0.15, -0.1) is 0 Å². The highest BCUT2D eigenvalue weighted by molar-refractivity contribution is 5.69. The summed E-state index contributed by atoms with van der Waals surface area (Å²) in [6, 6.07) is 0. The summed E-state index contributed by atoms with van der Waals surface area (Å²) in [5.41, 5.74) is 0. The maximum absolute atomic E-state index is 12.6. The van der Waals surface area contributed by atoms with Crippen LogP contribution in [0, 0.1) is 5.92 Å². The highest BCUT2D eigenvalue weighted by atomic mass is 16.5. The van der Waals surface area contributed by atoms with E-state index in [4.69, 9.17) is 4.74 Å². The van der Waals surface area contributed by atoms with Gasteiger partial charge in [-0.2, -0.15) is 0 Å². The molecule has 40 heavy (non-hydrogen) atoms. The van der Waals surface area contributed by atoms with Crippen LogP contribution in [0.25, 0.3) is 0 Å². The van der Waals surface area contributed by atoms with Crippen molar-refractivity contribution in [2.75, 3.05) is 0 Å². The molecule has 0 bridgehead atoms. The minimum Gasteiger partial charge on any atom is -0.462 e. The lowest BCUT2D eigenvalue weighted by Crippen LogP contribution is -2.18. The first-order chi connectivity index (χ1) is 19.6. The quantitative estimate of drug-likeness (QED) is 0.0585. The van der Waals surface area contributed by atoms with Crippen LogP contribution in [0.5, 0.6) is 0 Å². The molecular formula is C38H76O2. The van der Waals surface area contributed by atoms with Crippen LogP contribution < -0.4 is 0 Å². The van der Waals surface area contributed by atoms with Gasteiger partial charge in [-0.3, -0.25) is 4.79 Å². The van der Waals surface area contributed by atoms with Gasteiger partial charge in [-0.1, -0.05) is 188 Å². The minimum absolute atomic E-state index is 0.0703. The fourth-order valence-corrected chi connectivity index (χ4v) is 5.93. The molecule has 0 radical (unpaired) electrons. The van der Waals surface area contributed by atoms with Gasteiger partial charge in [0, 0.05) is 6.42 Å². The van der Waals surface area contributed by atoms with E-state index in [0.717, 1.165) is 25.2 Å². The van der Waals surface area contributed by atoms with Gasteiger partial charge in [0.1, 0.15) is 6.10 Å². The van der Waals surface area contributed by atoms with E-state index in [0.29, 0.717) is 6.42 Å². The highest BCUT2D eigenvalue weighted by Crippen LogP contribution is 2.19. The molecule has 0 fully saturated rings. The summed E-state index contributed by atoms with van der Waals surface area (Å²) >= 11 is 0. The van der Waals surface area contributed by atoms with E-state index in [1.807, 2.05) is 0 Å². The van der Waals surface area contributed by atoms with Gasteiger partial charge in [0.25, 0.3) is 0 Å². The third-order valence-electron chi connectivity index (χ3n) is 8.72. The fourth-order valence-electron chi connectivity index (χ4n) is 5.93. The summed E-state index contributed by atoms with van der Waals surface area (Å²) in [6.45, 7) is 9.23. The molecule has 2 heteroatoms. The van der Waals surface area contributed by atoms with Crippen molar-refractivity contribution < 1.29 is 9.53 Å². The average molecular weight is 565 g/mol. The molecular weight excluding hydrogens is 488 g/mol. The predicted molar refractivity (Wildman–Crippen MR) is 179 cm³/mol. The number of rotatable bonds is 33. The van der Waals surface area contributed by atoms with Gasteiger partial charge in [0.15, 0.2) is 0 Å². The van der Waals surface area contributed by atoms with Crippen LogP contribution in [0.4, 0.5) is 0 Å². The van der Waals surface area contributed by atoms with Crippen molar-refractivity contribution in [3.63, 3.8) is 0 Å². The van der Waals surface area contributed by atoms with Gasteiger partial charge in [-0.05, 0) is 38.0 Å². The van der Waals surface area contributed by atoms with Gasteiger partial charge in [0.05, 0.1) is 0 Å². The second-order valence-electron chi connectivity index (χ2n) is 13.5. The number of unbranched alkanes of at least 4 members (excludes halogenated alkanes) is 24. The summed E-state index contributed by atoms with van der Waals surface area (Å²) in [5.74, 6) is 0.938. The summed E-state index contributed by atoms with van der Waals surface area (Å²) in [7, 11) is 0.